The highest BCUT2D eigenvalue weighted by Gasteiger charge is 2.34. The van der Waals surface area contributed by atoms with Crippen LogP contribution in [0, 0.1) is 11.8 Å². The van der Waals surface area contributed by atoms with Crippen LogP contribution in [0.25, 0.3) is 20.5 Å². The number of aromatic carboxylic acids is 1. The molecule has 158 valence electrons. The Balaban J connectivity index is 1.86. The topological polar surface area (TPSA) is 57.6 Å². The van der Waals surface area contributed by atoms with Gasteiger partial charge in [-0.05, 0) is 56.9 Å². The molecule has 0 aliphatic heterocycles. The highest BCUT2D eigenvalue weighted by Crippen LogP contribution is 2.45. The van der Waals surface area contributed by atoms with Gasteiger partial charge < -0.3 is 10.0 Å². The second-order valence-electron chi connectivity index (χ2n) is 8.50. The maximum absolute atomic E-state index is 13.6. The Morgan fingerprint density at radius 3 is 2.43 bits per heavy atom. The average Bonchev–Trinajstić information content (AvgIpc) is 3.37. The van der Waals surface area contributed by atoms with E-state index in [1.165, 1.54) is 11.3 Å². The van der Waals surface area contributed by atoms with Crippen molar-refractivity contribution >= 4 is 50.3 Å². The number of anilines is 1. The van der Waals surface area contributed by atoms with Crippen molar-refractivity contribution in [1.82, 2.24) is 0 Å². The van der Waals surface area contributed by atoms with E-state index < -0.39 is 5.97 Å². The van der Waals surface area contributed by atoms with Gasteiger partial charge in [0.15, 0.2) is 0 Å². The molecule has 0 spiro atoms. The summed E-state index contributed by atoms with van der Waals surface area (Å²) in [6.45, 7) is 6.19. The summed E-state index contributed by atoms with van der Waals surface area (Å²) in [6, 6.07) is 9.89. The van der Waals surface area contributed by atoms with Crippen LogP contribution in [-0.4, -0.2) is 23.0 Å². The molecule has 0 atom stereocenters. The standard InChI is InChI=1S/C24H27NO3S2/c1-14(2)25(23(26)16-11-9-15(3)10-12-16)20-18-7-4-6-17(19-8-5-13-29-19)21(18)30-22(20)24(27)28/h4-8,13-16H,9-12H2,1-3H3,(H,27,28). The van der Waals surface area contributed by atoms with Gasteiger partial charge in [0.25, 0.3) is 0 Å². The summed E-state index contributed by atoms with van der Waals surface area (Å²) in [4.78, 5) is 29.0. The molecule has 0 unspecified atom stereocenters. The lowest BCUT2D eigenvalue weighted by Gasteiger charge is -2.33. The number of amides is 1. The minimum Gasteiger partial charge on any atom is -0.477 e. The molecule has 0 saturated heterocycles. The number of benzene rings is 1. The van der Waals surface area contributed by atoms with E-state index in [9.17, 15) is 14.7 Å². The van der Waals surface area contributed by atoms with Crippen molar-refractivity contribution in [2.45, 2.75) is 52.5 Å². The maximum Gasteiger partial charge on any atom is 0.348 e. The number of fused-ring (bicyclic) bond motifs is 1. The van der Waals surface area contributed by atoms with E-state index in [-0.39, 0.29) is 22.7 Å². The number of carboxylic acids is 1. The summed E-state index contributed by atoms with van der Waals surface area (Å²) in [6.07, 6.45) is 3.88. The van der Waals surface area contributed by atoms with Crippen LogP contribution in [0.15, 0.2) is 35.7 Å². The number of hydrogen-bond acceptors (Lipinski definition) is 4. The molecule has 4 nitrogen and oxygen atoms in total. The Kier molecular flexibility index (Phi) is 5.98. The summed E-state index contributed by atoms with van der Waals surface area (Å²) in [5, 5.41) is 12.9. The fraction of sp³-hybridized carbons (Fsp3) is 0.417. The Hall–Kier alpha value is -2.18. The van der Waals surface area contributed by atoms with E-state index in [0.717, 1.165) is 46.2 Å². The Bertz CT molecular complexity index is 1060. The lowest BCUT2D eigenvalue weighted by Crippen LogP contribution is -2.42. The second kappa shape index (κ2) is 8.52. The summed E-state index contributed by atoms with van der Waals surface area (Å²) in [7, 11) is 0. The highest BCUT2D eigenvalue weighted by molar-refractivity contribution is 7.22. The number of carbonyl (C=O) groups is 2. The number of carbonyl (C=O) groups excluding carboxylic acids is 1. The third-order valence-electron chi connectivity index (χ3n) is 6.03. The van der Waals surface area contributed by atoms with Gasteiger partial charge in [0.1, 0.15) is 4.88 Å². The van der Waals surface area contributed by atoms with Gasteiger partial charge in [-0.1, -0.05) is 31.2 Å². The minimum absolute atomic E-state index is 0.0272. The van der Waals surface area contributed by atoms with Crippen LogP contribution in [0.3, 0.4) is 0 Å². The quantitative estimate of drug-likeness (QED) is 0.469. The van der Waals surface area contributed by atoms with Crippen molar-refractivity contribution in [3.05, 3.63) is 40.6 Å². The molecule has 4 rings (SSSR count). The van der Waals surface area contributed by atoms with Crippen molar-refractivity contribution in [3.8, 4) is 10.4 Å². The lowest BCUT2D eigenvalue weighted by atomic mass is 9.82. The van der Waals surface area contributed by atoms with E-state index in [4.69, 9.17) is 0 Å². The molecule has 2 heterocycles. The minimum atomic E-state index is -0.973. The normalized spacial score (nSPS) is 19.3. The molecule has 1 fully saturated rings. The molecule has 3 aromatic rings. The Morgan fingerprint density at radius 2 is 1.83 bits per heavy atom. The zero-order valence-electron chi connectivity index (χ0n) is 17.6. The molecule has 0 bridgehead atoms. The van der Waals surface area contributed by atoms with Gasteiger partial charge in [-0.25, -0.2) is 4.79 Å². The predicted molar refractivity (Wildman–Crippen MR) is 126 cm³/mol. The van der Waals surface area contributed by atoms with Crippen LogP contribution < -0.4 is 4.90 Å². The van der Waals surface area contributed by atoms with E-state index in [0.29, 0.717) is 11.6 Å². The first-order valence-electron chi connectivity index (χ1n) is 10.5. The number of rotatable bonds is 5. The molecule has 6 heteroatoms. The van der Waals surface area contributed by atoms with Crippen molar-refractivity contribution in [2.24, 2.45) is 11.8 Å². The van der Waals surface area contributed by atoms with Crippen LogP contribution >= 0.6 is 22.7 Å². The van der Waals surface area contributed by atoms with Gasteiger partial charge in [-0.3, -0.25) is 4.79 Å². The molecular formula is C24H27NO3S2. The average molecular weight is 442 g/mol. The maximum atomic E-state index is 13.6. The van der Waals surface area contributed by atoms with Crippen molar-refractivity contribution in [2.75, 3.05) is 4.90 Å². The molecule has 1 saturated carbocycles. The van der Waals surface area contributed by atoms with E-state index >= 15 is 0 Å². The first-order chi connectivity index (χ1) is 14.4. The van der Waals surface area contributed by atoms with Crippen molar-refractivity contribution in [1.29, 1.82) is 0 Å². The van der Waals surface area contributed by atoms with E-state index in [2.05, 4.69) is 6.92 Å². The first-order valence-corrected chi connectivity index (χ1v) is 12.2. The predicted octanol–water partition coefficient (Wildman–Crippen LogP) is 6.90. The fourth-order valence-electron chi connectivity index (χ4n) is 4.44. The van der Waals surface area contributed by atoms with Gasteiger partial charge in [0.05, 0.1) is 5.69 Å². The Labute approximate surface area is 185 Å². The highest BCUT2D eigenvalue weighted by atomic mass is 32.1. The number of thiophene rings is 2. The molecule has 2 aromatic heterocycles. The van der Waals surface area contributed by atoms with Gasteiger partial charge in [0.2, 0.25) is 5.91 Å². The molecule has 1 amide bonds. The zero-order valence-corrected chi connectivity index (χ0v) is 19.2. The summed E-state index contributed by atoms with van der Waals surface area (Å²) in [5.74, 6) is -0.271. The van der Waals surface area contributed by atoms with Gasteiger partial charge in [0, 0.05) is 32.5 Å². The van der Waals surface area contributed by atoms with Crippen LogP contribution in [0.2, 0.25) is 0 Å². The van der Waals surface area contributed by atoms with Gasteiger partial charge in [-0.15, -0.1) is 22.7 Å². The molecule has 1 aliphatic carbocycles. The van der Waals surface area contributed by atoms with Crippen LogP contribution in [0.5, 0.6) is 0 Å². The number of carboxylic acid groups (broad SMARTS) is 1. The summed E-state index contributed by atoms with van der Waals surface area (Å²) >= 11 is 2.92. The molecule has 1 aliphatic rings. The van der Waals surface area contributed by atoms with Crippen molar-refractivity contribution in [3.63, 3.8) is 0 Å². The SMILES string of the molecule is CC1CCC(C(=O)N(c2c(C(=O)O)sc3c(-c4cccs4)cccc23)C(C)C)CC1. The van der Waals surface area contributed by atoms with E-state index in [1.807, 2.05) is 49.6 Å². The molecule has 1 N–H and O–H groups in total. The Morgan fingerprint density at radius 1 is 1.10 bits per heavy atom. The van der Waals surface area contributed by atoms with Gasteiger partial charge >= 0.3 is 5.97 Å². The smallest absolute Gasteiger partial charge is 0.348 e. The largest absolute Gasteiger partial charge is 0.477 e. The monoisotopic (exact) mass is 441 g/mol. The molecular weight excluding hydrogens is 414 g/mol. The van der Waals surface area contributed by atoms with Crippen LogP contribution in [-0.2, 0) is 4.79 Å². The van der Waals surface area contributed by atoms with Crippen LogP contribution in [0.1, 0.15) is 56.1 Å². The third-order valence-corrected chi connectivity index (χ3v) is 8.15. The molecule has 1 aromatic carbocycles. The molecule has 30 heavy (non-hydrogen) atoms. The lowest BCUT2D eigenvalue weighted by molar-refractivity contribution is -0.123. The fourth-order valence-corrected chi connectivity index (χ4v) is 6.42. The zero-order chi connectivity index (χ0) is 21.4. The van der Waals surface area contributed by atoms with Crippen LogP contribution in [0.4, 0.5) is 5.69 Å². The first kappa shape index (κ1) is 21.1. The van der Waals surface area contributed by atoms with E-state index in [1.54, 1.807) is 16.2 Å². The summed E-state index contributed by atoms with van der Waals surface area (Å²) in [5.41, 5.74) is 1.60. The number of hydrogen-bond donors (Lipinski definition) is 1. The second-order valence-corrected chi connectivity index (χ2v) is 10.5. The van der Waals surface area contributed by atoms with Crippen molar-refractivity contribution < 1.29 is 14.7 Å². The molecule has 0 radical (unpaired) electrons. The number of nitrogens with zero attached hydrogens (tertiary/aromatic N) is 1. The van der Waals surface area contributed by atoms with Gasteiger partial charge in [-0.2, -0.15) is 0 Å². The third kappa shape index (κ3) is 3.79. The summed E-state index contributed by atoms with van der Waals surface area (Å²) < 4.78 is 0.933.